The van der Waals surface area contributed by atoms with Crippen LogP contribution in [0.15, 0.2) is 41.3 Å². The third kappa shape index (κ3) is 3.09. The van der Waals surface area contributed by atoms with Crippen molar-refractivity contribution in [1.29, 1.82) is 0 Å². The van der Waals surface area contributed by atoms with E-state index in [9.17, 15) is 18.1 Å². The predicted molar refractivity (Wildman–Crippen MR) is 89.0 cm³/mol. The van der Waals surface area contributed by atoms with Gasteiger partial charge in [0.25, 0.3) is 10.1 Å². The third-order valence-corrected chi connectivity index (χ3v) is 5.08. The first-order chi connectivity index (χ1) is 11.4. The molecule has 0 amide bonds. The maximum absolute atomic E-state index is 12.0. The second kappa shape index (κ2) is 6.62. The summed E-state index contributed by atoms with van der Waals surface area (Å²) < 4.78 is 39.3. The molecule has 1 atom stereocenters. The largest absolute Gasteiger partial charge is 0.392 e. The molecule has 2 aromatic carbocycles. The minimum atomic E-state index is -4.48. The lowest BCUT2D eigenvalue weighted by Crippen LogP contribution is -2.19. The molecule has 1 aliphatic heterocycles. The molecule has 6 nitrogen and oxygen atoms in total. The van der Waals surface area contributed by atoms with E-state index >= 15 is 0 Å². The molecule has 1 aliphatic rings. The van der Waals surface area contributed by atoms with Crippen LogP contribution in [0, 0.1) is 6.92 Å². The molecule has 0 unspecified atom stereocenters. The van der Waals surface area contributed by atoms with E-state index in [0.717, 1.165) is 11.1 Å². The third-order valence-electron chi connectivity index (χ3n) is 4.19. The molecule has 1 heterocycles. The first-order valence-electron chi connectivity index (χ1n) is 7.58. The lowest BCUT2D eigenvalue weighted by atomic mass is 9.91. The molecule has 7 heteroatoms. The zero-order chi connectivity index (χ0) is 17.3. The van der Waals surface area contributed by atoms with Gasteiger partial charge in [-0.3, -0.25) is 9.87 Å². The van der Waals surface area contributed by atoms with E-state index in [2.05, 4.69) is 5.32 Å². The van der Waals surface area contributed by atoms with Crippen molar-refractivity contribution >= 4 is 10.1 Å². The van der Waals surface area contributed by atoms with E-state index in [4.69, 9.17) is 4.74 Å². The molecule has 0 saturated carbocycles. The van der Waals surface area contributed by atoms with Crippen molar-refractivity contribution in [3.8, 4) is 11.1 Å². The van der Waals surface area contributed by atoms with Gasteiger partial charge in [-0.2, -0.15) is 8.42 Å². The summed E-state index contributed by atoms with van der Waals surface area (Å²) in [4.78, 5) is -0.240. The first-order valence-corrected chi connectivity index (χ1v) is 9.02. The Bertz CT molecular complexity index is 843. The fourth-order valence-corrected chi connectivity index (χ4v) is 3.83. The Morgan fingerprint density at radius 2 is 2.00 bits per heavy atom. The molecule has 3 rings (SSSR count). The zero-order valence-electron chi connectivity index (χ0n) is 13.2. The Balaban J connectivity index is 2.39. The van der Waals surface area contributed by atoms with E-state index in [-0.39, 0.29) is 11.5 Å². The van der Waals surface area contributed by atoms with Crippen molar-refractivity contribution in [2.75, 3.05) is 13.2 Å². The zero-order valence-corrected chi connectivity index (χ0v) is 14.0. The molecule has 128 valence electrons. The van der Waals surface area contributed by atoms with Gasteiger partial charge < -0.3 is 9.84 Å². The van der Waals surface area contributed by atoms with Gasteiger partial charge in [0.1, 0.15) is 11.1 Å². The van der Waals surface area contributed by atoms with Crippen LogP contribution >= 0.6 is 0 Å². The summed E-state index contributed by atoms with van der Waals surface area (Å²) in [6.07, 6.45) is -0.636. The highest BCUT2D eigenvalue weighted by molar-refractivity contribution is 7.85. The molecule has 3 N–H and O–H groups in total. The van der Waals surface area contributed by atoms with Crippen LogP contribution in [0.1, 0.15) is 22.9 Å². The summed E-state index contributed by atoms with van der Waals surface area (Å²) in [5.41, 5.74) is 3.01. The van der Waals surface area contributed by atoms with Crippen LogP contribution in [0.3, 0.4) is 0 Å². The predicted octanol–water partition coefficient (Wildman–Crippen LogP) is 2.02. The van der Waals surface area contributed by atoms with Crippen molar-refractivity contribution in [2.45, 2.75) is 24.7 Å². The van der Waals surface area contributed by atoms with Crippen LogP contribution in [-0.4, -0.2) is 31.2 Å². The van der Waals surface area contributed by atoms with Crippen LogP contribution in [0.25, 0.3) is 11.1 Å². The van der Waals surface area contributed by atoms with Crippen LogP contribution in [0.4, 0.5) is 0 Å². The summed E-state index contributed by atoms with van der Waals surface area (Å²) in [6, 6.07) is 10.6. The van der Waals surface area contributed by atoms with Crippen molar-refractivity contribution < 1.29 is 22.8 Å². The molecule has 24 heavy (non-hydrogen) atoms. The number of aliphatic hydroxyl groups excluding tert-OH is 1. The number of rotatable bonds is 4. The van der Waals surface area contributed by atoms with Gasteiger partial charge in [0.15, 0.2) is 0 Å². The van der Waals surface area contributed by atoms with Gasteiger partial charge in [0.2, 0.25) is 0 Å². The molecular formula is C17H19NO5S. The molecule has 0 aliphatic carbocycles. The maximum atomic E-state index is 12.0. The summed E-state index contributed by atoms with van der Waals surface area (Å²) in [7, 11) is -4.48. The monoisotopic (exact) mass is 349 g/mol. The van der Waals surface area contributed by atoms with Crippen molar-refractivity contribution in [3.63, 3.8) is 0 Å². The van der Waals surface area contributed by atoms with E-state index in [1.807, 2.05) is 37.3 Å². The molecule has 2 aromatic rings. The van der Waals surface area contributed by atoms with E-state index in [0.29, 0.717) is 29.8 Å². The molecule has 0 aromatic heterocycles. The average molecular weight is 349 g/mol. The van der Waals surface area contributed by atoms with Crippen molar-refractivity contribution in [2.24, 2.45) is 0 Å². The lowest BCUT2D eigenvalue weighted by molar-refractivity contribution is 0.0999. The fourth-order valence-electron chi connectivity index (χ4n) is 3.06. The van der Waals surface area contributed by atoms with Gasteiger partial charge >= 0.3 is 0 Å². The minimum Gasteiger partial charge on any atom is -0.392 e. The fraction of sp³-hybridized carbons (Fsp3) is 0.294. The van der Waals surface area contributed by atoms with Gasteiger partial charge in [-0.05, 0) is 35.2 Å². The number of hydrogen-bond donors (Lipinski definition) is 3. The molecule has 0 bridgehead atoms. The minimum absolute atomic E-state index is 0.240. The van der Waals surface area contributed by atoms with Crippen LogP contribution in [-0.2, 0) is 21.5 Å². The van der Waals surface area contributed by atoms with E-state index < -0.39 is 16.3 Å². The number of hydrogen-bond acceptors (Lipinski definition) is 5. The van der Waals surface area contributed by atoms with Crippen molar-refractivity contribution in [1.82, 2.24) is 5.32 Å². The summed E-state index contributed by atoms with van der Waals surface area (Å²) in [5, 5.41) is 12.7. The second-order valence-electron chi connectivity index (χ2n) is 5.65. The molecular weight excluding hydrogens is 330 g/mol. The number of ether oxygens (including phenoxy) is 1. The molecule has 0 spiro atoms. The standard InChI is InChI=1S/C17H19NO5S/c1-11-13(10-19)9-14(24(20,21)22)16(17-18-7-8-23-17)15(11)12-5-3-2-4-6-12/h2-6,9,17-19H,7-8,10H2,1H3,(H,20,21,22)/t17-/m1/s1. The Kier molecular flexibility index (Phi) is 4.71. The van der Waals surface area contributed by atoms with Crippen LogP contribution < -0.4 is 5.32 Å². The van der Waals surface area contributed by atoms with E-state index in [1.165, 1.54) is 6.07 Å². The number of nitrogens with one attached hydrogen (secondary N) is 1. The van der Waals surface area contributed by atoms with E-state index in [1.54, 1.807) is 0 Å². The first kappa shape index (κ1) is 17.1. The number of benzene rings is 2. The van der Waals surface area contributed by atoms with Crippen LogP contribution in [0.2, 0.25) is 0 Å². The summed E-state index contributed by atoms with van der Waals surface area (Å²) in [5.74, 6) is 0. The molecule has 1 saturated heterocycles. The highest BCUT2D eigenvalue weighted by atomic mass is 32.2. The highest BCUT2D eigenvalue weighted by Crippen LogP contribution is 2.39. The lowest BCUT2D eigenvalue weighted by Gasteiger charge is -2.23. The van der Waals surface area contributed by atoms with Gasteiger partial charge in [0.05, 0.1) is 13.2 Å². The smallest absolute Gasteiger partial charge is 0.294 e. The Morgan fingerprint density at radius 3 is 2.54 bits per heavy atom. The van der Waals surface area contributed by atoms with Gasteiger partial charge in [-0.25, -0.2) is 0 Å². The normalized spacial score (nSPS) is 18.0. The SMILES string of the molecule is Cc1c(CO)cc(S(=O)(=O)O)c([C@@H]2NCCO2)c1-c1ccccc1. The van der Waals surface area contributed by atoms with Crippen LogP contribution in [0.5, 0.6) is 0 Å². The highest BCUT2D eigenvalue weighted by Gasteiger charge is 2.30. The summed E-state index contributed by atoms with van der Waals surface area (Å²) >= 11 is 0. The quantitative estimate of drug-likeness (QED) is 0.731. The van der Waals surface area contributed by atoms with Gasteiger partial charge in [0, 0.05) is 12.1 Å². The second-order valence-corrected chi connectivity index (χ2v) is 7.04. The average Bonchev–Trinajstić information content (AvgIpc) is 3.08. The number of aliphatic hydroxyl groups is 1. The Hall–Kier alpha value is -1.77. The maximum Gasteiger partial charge on any atom is 0.294 e. The van der Waals surface area contributed by atoms with Gasteiger partial charge in [-0.15, -0.1) is 0 Å². The molecule has 1 fully saturated rings. The van der Waals surface area contributed by atoms with Crippen molar-refractivity contribution in [3.05, 3.63) is 53.1 Å². The topological polar surface area (TPSA) is 95.9 Å². The summed E-state index contributed by atoms with van der Waals surface area (Å²) in [6.45, 7) is 2.53. The Labute approximate surface area is 140 Å². The van der Waals surface area contributed by atoms with Gasteiger partial charge in [-0.1, -0.05) is 30.3 Å². The Morgan fingerprint density at radius 1 is 1.29 bits per heavy atom. The molecule has 0 radical (unpaired) electrons.